The van der Waals surface area contributed by atoms with E-state index in [2.05, 4.69) is 55.5 Å². The summed E-state index contributed by atoms with van der Waals surface area (Å²) in [7, 11) is 0. The van der Waals surface area contributed by atoms with Gasteiger partial charge in [0.15, 0.2) is 0 Å². The second-order valence-electron chi connectivity index (χ2n) is 9.10. The normalized spacial score (nSPS) is 18.6. The highest BCUT2D eigenvalue weighted by atomic mass is 19.1. The Kier molecular flexibility index (Phi) is 7.37. The Morgan fingerprint density at radius 2 is 1.62 bits per heavy atom. The van der Waals surface area contributed by atoms with Crippen LogP contribution in [0.15, 0.2) is 66.7 Å². The lowest BCUT2D eigenvalue weighted by Crippen LogP contribution is -2.25. The first kappa shape index (κ1) is 23.6. The summed E-state index contributed by atoms with van der Waals surface area (Å²) in [5.74, 6) is -2.22. The molecule has 5 heteroatoms. The molecule has 0 aliphatic heterocycles. The summed E-state index contributed by atoms with van der Waals surface area (Å²) in [6, 6.07) is 22.5. The van der Waals surface area contributed by atoms with E-state index in [1.807, 2.05) is 6.07 Å². The molecular weight excluding hydrogens is 432 g/mol. The molecule has 0 heterocycles. The first-order valence-corrected chi connectivity index (χ1v) is 11.7. The summed E-state index contributed by atoms with van der Waals surface area (Å²) in [6.07, 6.45) is 4.03. The third kappa shape index (κ3) is 5.51. The summed E-state index contributed by atoms with van der Waals surface area (Å²) in [4.78, 5) is 12.5. The van der Waals surface area contributed by atoms with Crippen LogP contribution in [0.3, 0.4) is 0 Å². The van der Waals surface area contributed by atoms with Crippen molar-refractivity contribution < 1.29 is 18.3 Å². The van der Waals surface area contributed by atoms with E-state index >= 15 is 0 Å². The van der Waals surface area contributed by atoms with Crippen molar-refractivity contribution in [3.8, 4) is 11.8 Å². The zero-order valence-corrected chi connectivity index (χ0v) is 19.1. The number of hydrogen-bond donors (Lipinski definition) is 0. The van der Waals surface area contributed by atoms with E-state index in [0.717, 1.165) is 31.4 Å². The van der Waals surface area contributed by atoms with Gasteiger partial charge in [-0.15, -0.1) is 0 Å². The van der Waals surface area contributed by atoms with Crippen LogP contribution in [0.25, 0.3) is 0 Å². The van der Waals surface area contributed by atoms with Crippen molar-refractivity contribution in [1.82, 2.24) is 0 Å². The highest BCUT2D eigenvalue weighted by Gasteiger charge is 2.29. The van der Waals surface area contributed by atoms with Crippen LogP contribution in [0.2, 0.25) is 0 Å². The third-order valence-corrected chi connectivity index (χ3v) is 6.77. The lowest BCUT2D eigenvalue weighted by molar-refractivity contribution is -0.140. The number of carbonyl (C=O) groups is 1. The molecule has 0 spiro atoms. The molecule has 3 nitrogen and oxygen atoms in total. The minimum absolute atomic E-state index is 0.207. The summed E-state index contributed by atoms with van der Waals surface area (Å²) in [5, 5.41) is 8.76. The Morgan fingerprint density at radius 1 is 1.00 bits per heavy atom. The SMILES string of the molecule is C[C@H](Cc1ccc(C2CCC(C(=O)Oc3cc(F)c(C#N)c(F)c3)CC2)cc1)c1ccccc1. The van der Waals surface area contributed by atoms with Gasteiger partial charge < -0.3 is 4.74 Å². The maximum absolute atomic E-state index is 13.8. The van der Waals surface area contributed by atoms with Gasteiger partial charge in [-0.1, -0.05) is 61.5 Å². The number of hydrogen-bond acceptors (Lipinski definition) is 3. The average Bonchev–Trinajstić information content (AvgIpc) is 2.85. The summed E-state index contributed by atoms with van der Waals surface area (Å²) in [6.45, 7) is 2.24. The topological polar surface area (TPSA) is 50.1 Å². The van der Waals surface area contributed by atoms with E-state index in [4.69, 9.17) is 10.00 Å². The number of halogens is 2. The van der Waals surface area contributed by atoms with E-state index in [1.165, 1.54) is 22.8 Å². The zero-order valence-electron chi connectivity index (χ0n) is 19.1. The van der Waals surface area contributed by atoms with Crippen molar-refractivity contribution in [1.29, 1.82) is 5.26 Å². The van der Waals surface area contributed by atoms with Crippen LogP contribution in [0.5, 0.6) is 5.75 Å². The van der Waals surface area contributed by atoms with Crippen molar-refractivity contribution >= 4 is 5.97 Å². The molecule has 4 rings (SSSR count). The van der Waals surface area contributed by atoms with Gasteiger partial charge in [-0.2, -0.15) is 5.26 Å². The molecule has 1 saturated carbocycles. The molecule has 1 atom stereocenters. The monoisotopic (exact) mass is 459 g/mol. The Hall–Kier alpha value is -3.52. The van der Waals surface area contributed by atoms with Gasteiger partial charge in [-0.05, 0) is 60.6 Å². The van der Waals surface area contributed by atoms with Crippen LogP contribution >= 0.6 is 0 Å². The van der Waals surface area contributed by atoms with Gasteiger partial charge >= 0.3 is 5.97 Å². The molecule has 1 aliphatic carbocycles. The van der Waals surface area contributed by atoms with Gasteiger partial charge in [0.1, 0.15) is 29.0 Å². The Labute approximate surface area is 199 Å². The van der Waals surface area contributed by atoms with Crippen molar-refractivity contribution in [3.63, 3.8) is 0 Å². The molecule has 0 bridgehead atoms. The van der Waals surface area contributed by atoms with E-state index < -0.39 is 23.2 Å². The van der Waals surface area contributed by atoms with Gasteiger partial charge in [-0.3, -0.25) is 4.79 Å². The number of esters is 1. The van der Waals surface area contributed by atoms with Crippen LogP contribution in [0, 0.1) is 28.9 Å². The second-order valence-corrected chi connectivity index (χ2v) is 9.10. The number of nitriles is 1. The first-order chi connectivity index (χ1) is 16.4. The van der Waals surface area contributed by atoms with E-state index in [1.54, 1.807) is 0 Å². The molecule has 0 amide bonds. The van der Waals surface area contributed by atoms with Crippen LogP contribution in [0.4, 0.5) is 8.78 Å². The highest BCUT2D eigenvalue weighted by molar-refractivity contribution is 5.75. The Bertz CT molecular complexity index is 1150. The molecule has 0 saturated heterocycles. The predicted molar refractivity (Wildman–Crippen MR) is 126 cm³/mol. The van der Waals surface area contributed by atoms with Crippen molar-refractivity contribution in [2.45, 2.75) is 50.9 Å². The lowest BCUT2D eigenvalue weighted by Gasteiger charge is -2.27. The largest absolute Gasteiger partial charge is 0.426 e. The molecule has 0 radical (unpaired) electrons. The lowest BCUT2D eigenvalue weighted by atomic mass is 9.78. The fraction of sp³-hybridized carbons (Fsp3) is 0.310. The first-order valence-electron chi connectivity index (χ1n) is 11.7. The van der Waals surface area contributed by atoms with Gasteiger partial charge in [0.05, 0.1) is 5.92 Å². The molecule has 34 heavy (non-hydrogen) atoms. The maximum atomic E-state index is 13.8. The van der Waals surface area contributed by atoms with Gasteiger partial charge in [-0.25, -0.2) is 8.78 Å². The standard InChI is InChI=1S/C29H27F2NO2/c1-19(21-5-3-2-4-6-21)15-20-7-9-22(10-8-20)23-11-13-24(14-12-23)29(33)34-25-16-27(30)26(18-32)28(31)17-25/h2-10,16-17,19,23-24H,11-15H2,1H3/t19-,23?,24?/m1/s1. The number of rotatable bonds is 6. The Balaban J connectivity index is 1.30. The van der Waals surface area contributed by atoms with Gasteiger partial charge in [0.2, 0.25) is 0 Å². The van der Waals surface area contributed by atoms with Crippen LogP contribution in [0.1, 0.15) is 66.7 Å². The second kappa shape index (κ2) is 10.6. The predicted octanol–water partition coefficient (Wildman–Crippen LogP) is 7.06. The number of carbonyl (C=O) groups excluding carboxylic acids is 1. The molecule has 0 N–H and O–H groups in total. The van der Waals surface area contributed by atoms with Crippen molar-refractivity contribution in [2.75, 3.05) is 0 Å². The van der Waals surface area contributed by atoms with E-state index in [-0.39, 0.29) is 11.7 Å². The average molecular weight is 460 g/mol. The summed E-state index contributed by atoms with van der Waals surface area (Å²) < 4.78 is 32.8. The minimum Gasteiger partial charge on any atom is -0.426 e. The van der Waals surface area contributed by atoms with Crippen molar-refractivity contribution in [3.05, 3.63) is 101 Å². The van der Waals surface area contributed by atoms with Crippen LogP contribution in [-0.4, -0.2) is 5.97 Å². The zero-order chi connectivity index (χ0) is 24.1. The van der Waals surface area contributed by atoms with Gasteiger partial charge in [0.25, 0.3) is 0 Å². The van der Waals surface area contributed by atoms with Crippen LogP contribution < -0.4 is 4.74 Å². The molecular formula is C29H27F2NO2. The highest BCUT2D eigenvalue weighted by Crippen LogP contribution is 2.37. The third-order valence-electron chi connectivity index (χ3n) is 6.77. The molecule has 174 valence electrons. The van der Waals surface area contributed by atoms with Gasteiger partial charge in [0, 0.05) is 12.1 Å². The Morgan fingerprint density at radius 3 is 2.21 bits per heavy atom. The molecule has 1 aliphatic rings. The molecule has 0 aromatic heterocycles. The van der Waals surface area contributed by atoms with E-state index in [0.29, 0.717) is 24.7 Å². The van der Waals surface area contributed by atoms with Crippen LogP contribution in [-0.2, 0) is 11.2 Å². The summed E-state index contributed by atoms with van der Waals surface area (Å²) in [5.41, 5.74) is 3.24. The number of nitrogens with zero attached hydrogens (tertiary/aromatic N) is 1. The van der Waals surface area contributed by atoms with E-state index in [9.17, 15) is 13.6 Å². The molecule has 1 fully saturated rings. The fourth-order valence-electron chi connectivity index (χ4n) is 4.76. The maximum Gasteiger partial charge on any atom is 0.314 e. The molecule has 3 aromatic rings. The molecule has 0 unspecified atom stereocenters. The van der Waals surface area contributed by atoms with Crippen molar-refractivity contribution in [2.24, 2.45) is 5.92 Å². The minimum atomic E-state index is -1.03. The fourth-order valence-corrected chi connectivity index (χ4v) is 4.76. The number of benzene rings is 3. The molecule has 3 aromatic carbocycles. The summed E-state index contributed by atoms with van der Waals surface area (Å²) >= 11 is 0. The smallest absolute Gasteiger partial charge is 0.314 e. The number of ether oxygens (including phenoxy) is 1. The quantitative estimate of drug-likeness (QED) is 0.293.